The van der Waals surface area contributed by atoms with Gasteiger partial charge in [0.25, 0.3) is 5.91 Å². The molecule has 2 bridgehead atoms. The first kappa shape index (κ1) is 20.1. The van der Waals surface area contributed by atoms with Crippen LogP contribution < -0.4 is 5.73 Å². The smallest absolute Gasteiger partial charge is 0.254 e. The highest BCUT2D eigenvalue weighted by Crippen LogP contribution is 2.40. The highest BCUT2D eigenvalue weighted by Gasteiger charge is 2.45. The first-order valence-corrected chi connectivity index (χ1v) is 11.6. The summed E-state index contributed by atoms with van der Waals surface area (Å²) in [4.78, 5) is 25.1. The predicted molar refractivity (Wildman–Crippen MR) is 126 cm³/mol. The summed E-state index contributed by atoms with van der Waals surface area (Å²) in [5.41, 5.74) is 10.8. The van der Waals surface area contributed by atoms with Crippen LogP contribution in [-0.2, 0) is 0 Å². The molecule has 7 heteroatoms. The number of benzene rings is 1. The summed E-state index contributed by atoms with van der Waals surface area (Å²) in [6.45, 7) is 0.643. The Morgan fingerprint density at radius 1 is 1.09 bits per heavy atom. The molecule has 0 radical (unpaired) electrons. The number of fused-ring (bicyclic) bond motifs is 3. The number of amides is 1. The fourth-order valence-electron chi connectivity index (χ4n) is 5.56. The second-order valence-electron chi connectivity index (χ2n) is 9.03. The van der Waals surface area contributed by atoms with E-state index in [1.54, 1.807) is 16.9 Å². The van der Waals surface area contributed by atoms with Crippen LogP contribution in [0.3, 0.4) is 0 Å². The Balaban J connectivity index is 1.36. The summed E-state index contributed by atoms with van der Waals surface area (Å²) in [6, 6.07) is 16.2. The second-order valence-corrected chi connectivity index (χ2v) is 9.03. The van der Waals surface area contributed by atoms with Crippen LogP contribution >= 0.6 is 0 Å². The van der Waals surface area contributed by atoms with Gasteiger partial charge in [0.1, 0.15) is 0 Å². The number of carbonyl (C=O) groups is 1. The van der Waals surface area contributed by atoms with Gasteiger partial charge in [0.2, 0.25) is 0 Å². The van der Waals surface area contributed by atoms with Crippen molar-refractivity contribution >= 4 is 11.6 Å². The monoisotopic (exact) mass is 438 g/mol. The van der Waals surface area contributed by atoms with E-state index in [1.165, 1.54) is 6.42 Å². The molecule has 1 aromatic carbocycles. The molecule has 0 spiro atoms. The van der Waals surface area contributed by atoms with Gasteiger partial charge in [-0.25, -0.2) is 9.50 Å². The topological polar surface area (TPSA) is 89.4 Å². The predicted octanol–water partition coefficient (Wildman–Crippen LogP) is 3.80. The lowest BCUT2D eigenvalue weighted by atomic mass is 9.97. The number of hydrogen-bond acceptors (Lipinski definition) is 5. The Labute approximate surface area is 192 Å². The molecular formula is C26H26N6O. The number of pyridine rings is 1. The van der Waals surface area contributed by atoms with Gasteiger partial charge in [-0.15, -0.1) is 0 Å². The van der Waals surface area contributed by atoms with Gasteiger partial charge in [-0.3, -0.25) is 9.78 Å². The molecule has 7 nitrogen and oxygen atoms in total. The Morgan fingerprint density at radius 3 is 2.82 bits per heavy atom. The highest BCUT2D eigenvalue weighted by molar-refractivity contribution is 5.96. The molecular weight excluding hydrogens is 412 g/mol. The molecule has 5 heterocycles. The largest absolute Gasteiger partial charge is 0.332 e. The van der Waals surface area contributed by atoms with E-state index in [0.717, 1.165) is 41.7 Å². The average Bonchev–Trinajstić information content (AvgIpc) is 3.39. The third kappa shape index (κ3) is 3.40. The lowest BCUT2D eigenvalue weighted by molar-refractivity contribution is 0.0574. The van der Waals surface area contributed by atoms with E-state index in [-0.39, 0.29) is 11.9 Å². The summed E-state index contributed by atoms with van der Waals surface area (Å²) in [5.74, 6) is 0.488. The van der Waals surface area contributed by atoms with Gasteiger partial charge in [-0.2, -0.15) is 5.10 Å². The van der Waals surface area contributed by atoms with E-state index in [9.17, 15) is 4.79 Å². The molecule has 2 aliphatic heterocycles. The van der Waals surface area contributed by atoms with E-state index < -0.39 is 0 Å². The van der Waals surface area contributed by atoms with Gasteiger partial charge in [0, 0.05) is 35.6 Å². The third-order valence-corrected chi connectivity index (χ3v) is 7.17. The molecule has 3 aromatic heterocycles. The highest BCUT2D eigenvalue weighted by atomic mass is 16.2. The molecule has 6 rings (SSSR count). The first-order valence-electron chi connectivity index (χ1n) is 11.6. The SMILES string of the molecule is NCC1C[C@@H]2CCC[C@H]1N2C(=O)c1ccnc(-c2cnn3ccc(-c4ccccc4)nc23)c1. The number of piperidine rings is 1. The zero-order valence-corrected chi connectivity index (χ0v) is 18.3. The number of nitrogens with two attached hydrogens (primary N) is 1. The fourth-order valence-corrected chi connectivity index (χ4v) is 5.56. The van der Waals surface area contributed by atoms with Crippen LogP contribution in [0.25, 0.3) is 28.2 Å². The molecule has 1 amide bonds. The molecule has 2 aliphatic rings. The summed E-state index contributed by atoms with van der Waals surface area (Å²) in [6.07, 6.45) is 9.68. The summed E-state index contributed by atoms with van der Waals surface area (Å²) < 4.78 is 1.74. The first-order chi connectivity index (χ1) is 16.2. The molecule has 2 N–H and O–H groups in total. The Kier molecular flexibility index (Phi) is 4.91. The fraction of sp³-hybridized carbons (Fsp3) is 0.308. The third-order valence-electron chi connectivity index (χ3n) is 7.17. The van der Waals surface area contributed by atoms with Crippen LogP contribution in [0.15, 0.2) is 67.1 Å². The van der Waals surface area contributed by atoms with Gasteiger partial charge in [0.05, 0.1) is 23.1 Å². The van der Waals surface area contributed by atoms with Gasteiger partial charge in [-0.1, -0.05) is 30.3 Å². The van der Waals surface area contributed by atoms with Crippen molar-refractivity contribution in [3.63, 3.8) is 0 Å². The minimum Gasteiger partial charge on any atom is -0.332 e. The summed E-state index contributed by atoms with van der Waals surface area (Å²) in [7, 11) is 0. The maximum atomic E-state index is 13.6. The van der Waals surface area contributed by atoms with Crippen molar-refractivity contribution in [3.8, 4) is 22.5 Å². The van der Waals surface area contributed by atoms with E-state index >= 15 is 0 Å². The average molecular weight is 439 g/mol. The van der Waals surface area contributed by atoms with Crippen LogP contribution in [0.5, 0.6) is 0 Å². The number of rotatable bonds is 4. The molecule has 0 saturated carbocycles. The van der Waals surface area contributed by atoms with Crippen molar-refractivity contribution in [3.05, 3.63) is 72.7 Å². The second kappa shape index (κ2) is 8.08. The summed E-state index contributed by atoms with van der Waals surface area (Å²) >= 11 is 0. The van der Waals surface area contributed by atoms with E-state index in [1.807, 2.05) is 54.7 Å². The van der Waals surface area contributed by atoms with Gasteiger partial charge >= 0.3 is 0 Å². The number of nitrogens with zero attached hydrogens (tertiary/aromatic N) is 5. The van der Waals surface area contributed by atoms with Crippen LogP contribution in [0.4, 0.5) is 0 Å². The Hall–Kier alpha value is -3.58. The zero-order chi connectivity index (χ0) is 22.4. The normalized spacial score (nSPS) is 22.1. The Morgan fingerprint density at radius 2 is 1.97 bits per heavy atom. The molecule has 3 atom stereocenters. The number of hydrogen-bond donors (Lipinski definition) is 1. The lowest BCUT2D eigenvalue weighted by Crippen LogP contribution is -2.45. The standard InChI is InChI=1S/C26H26N6O/c27-15-19-13-20-7-4-8-24(19)32(20)26(33)18-9-11-28-23(14-18)21-16-29-31-12-10-22(30-25(21)31)17-5-2-1-3-6-17/h1-3,5-6,9-12,14,16,19-20,24H,4,7-8,13,15,27H2/t19?,20-,24+/m0/s1. The van der Waals surface area contributed by atoms with Crippen molar-refractivity contribution in [1.29, 1.82) is 0 Å². The van der Waals surface area contributed by atoms with Crippen LogP contribution in [0.1, 0.15) is 36.0 Å². The molecule has 2 fully saturated rings. The van der Waals surface area contributed by atoms with E-state index in [2.05, 4.69) is 15.0 Å². The van der Waals surface area contributed by atoms with Gasteiger partial charge < -0.3 is 10.6 Å². The van der Waals surface area contributed by atoms with Crippen LogP contribution in [0.2, 0.25) is 0 Å². The maximum absolute atomic E-state index is 13.6. The molecule has 4 aromatic rings. The minimum absolute atomic E-state index is 0.0821. The minimum atomic E-state index is 0.0821. The van der Waals surface area contributed by atoms with Gasteiger partial charge in [0.15, 0.2) is 5.65 Å². The van der Waals surface area contributed by atoms with Crippen molar-refractivity contribution in [1.82, 2.24) is 24.5 Å². The number of carbonyl (C=O) groups excluding carboxylic acids is 1. The van der Waals surface area contributed by atoms with Gasteiger partial charge in [-0.05, 0) is 56.3 Å². The lowest BCUT2D eigenvalue weighted by Gasteiger charge is -2.36. The van der Waals surface area contributed by atoms with Crippen molar-refractivity contribution in [2.45, 2.75) is 37.8 Å². The molecule has 166 valence electrons. The van der Waals surface area contributed by atoms with E-state index in [4.69, 9.17) is 10.7 Å². The molecule has 0 aliphatic carbocycles. The van der Waals surface area contributed by atoms with Crippen LogP contribution in [0, 0.1) is 5.92 Å². The number of aromatic nitrogens is 4. The van der Waals surface area contributed by atoms with E-state index in [0.29, 0.717) is 29.8 Å². The summed E-state index contributed by atoms with van der Waals surface area (Å²) in [5, 5.41) is 4.45. The van der Waals surface area contributed by atoms with Crippen molar-refractivity contribution < 1.29 is 4.79 Å². The molecule has 33 heavy (non-hydrogen) atoms. The quantitative estimate of drug-likeness (QED) is 0.523. The van der Waals surface area contributed by atoms with Crippen molar-refractivity contribution in [2.75, 3.05) is 6.54 Å². The molecule has 2 saturated heterocycles. The Bertz CT molecular complexity index is 1320. The van der Waals surface area contributed by atoms with Crippen molar-refractivity contribution in [2.24, 2.45) is 11.7 Å². The maximum Gasteiger partial charge on any atom is 0.254 e. The molecule has 1 unspecified atom stereocenters. The van der Waals surface area contributed by atoms with Crippen LogP contribution in [-0.4, -0.2) is 49.0 Å². The zero-order valence-electron chi connectivity index (χ0n) is 18.3.